The predicted octanol–water partition coefficient (Wildman–Crippen LogP) is 1.54. The average molecular weight is 165 g/mol. The number of halogens is 3. The van der Waals surface area contributed by atoms with Gasteiger partial charge in [-0.2, -0.15) is 13.2 Å². The first-order chi connectivity index (χ1) is 4.83. The third kappa shape index (κ3) is 5.74. The summed E-state index contributed by atoms with van der Waals surface area (Å²) in [7, 11) is 0. The van der Waals surface area contributed by atoms with E-state index in [9.17, 15) is 13.2 Å². The Morgan fingerprint density at radius 2 is 1.73 bits per heavy atom. The first kappa shape index (κ1) is 10.3. The molecule has 1 atom stereocenters. The topological polar surface area (TPSA) is 26.0 Å². The van der Waals surface area contributed by atoms with Gasteiger partial charge in [-0.05, 0) is 5.92 Å². The van der Waals surface area contributed by atoms with Crippen LogP contribution in [0.5, 0.6) is 0 Å². The molecule has 4 heteroatoms. The number of alkyl halides is 3. The van der Waals surface area contributed by atoms with E-state index >= 15 is 0 Å². The standard InChI is InChI=1S/C7H10F3N/c1-5(2)6(11)3-4-7(8,9)10/h5-6H,11H2,1-2H3/t6-/m1/s1. The van der Waals surface area contributed by atoms with Crippen LogP contribution in [0.15, 0.2) is 0 Å². The summed E-state index contributed by atoms with van der Waals surface area (Å²) in [5, 5.41) is 0. The highest BCUT2D eigenvalue weighted by molar-refractivity contribution is 5.11. The molecule has 0 fully saturated rings. The van der Waals surface area contributed by atoms with Gasteiger partial charge in [0.05, 0.1) is 6.04 Å². The zero-order valence-electron chi connectivity index (χ0n) is 6.37. The molecular formula is C7H10F3N. The predicted molar refractivity (Wildman–Crippen MR) is 36.6 cm³/mol. The average Bonchev–Trinajstić information content (AvgIpc) is 1.80. The van der Waals surface area contributed by atoms with Gasteiger partial charge in [0.2, 0.25) is 0 Å². The van der Waals surface area contributed by atoms with Crippen molar-refractivity contribution in [2.75, 3.05) is 0 Å². The molecule has 2 N–H and O–H groups in total. The summed E-state index contributed by atoms with van der Waals surface area (Å²) in [6, 6.07) is -0.698. The van der Waals surface area contributed by atoms with Crippen LogP contribution in [-0.4, -0.2) is 12.2 Å². The monoisotopic (exact) mass is 165 g/mol. The van der Waals surface area contributed by atoms with Gasteiger partial charge in [-0.3, -0.25) is 0 Å². The fourth-order valence-corrected chi connectivity index (χ4v) is 0.332. The maximum Gasteiger partial charge on any atom is 0.457 e. The summed E-state index contributed by atoms with van der Waals surface area (Å²) in [4.78, 5) is 0. The van der Waals surface area contributed by atoms with Crippen molar-refractivity contribution >= 4 is 0 Å². The quantitative estimate of drug-likeness (QED) is 0.586. The van der Waals surface area contributed by atoms with Crippen LogP contribution < -0.4 is 5.73 Å². The maximum atomic E-state index is 11.5. The largest absolute Gasteiger partial charge is 0.457 e. The van der Waals surface area contributed by atoms with E-state index in [4.69, 9.17) is 5.73 Å². The highest BCUT2D eigenvalue weighted by Gasteiger charge is 2.23. The van der Waals surface area contributed by atoms with Gasteiger partial charge in [-0.15, -0.1) is 0 Å². The van der Waals surface area contributed by atoms with E-state index in [1.165, 1.54) is 0 Å². The number of nitrogens with two attached hydrogens (primary N) is 1. The van der Waals surface area contributed by atoms with E-state index in [0.29, 0.717) is 0 Å². The Morgan fingerprint density at radius 1 is 1.27 bits per heavy atom. The molecule has 0 saturated heterocycles. The first-order valence-electron chi connectivity index (χ1n) is 3.18. The van der Waals surface area contributed by atoms with Crippen molar-refractivity contribution in [3.8, 4) is 11.8 Å². The molecule has 0 aromatic rings. The van der Waals surface area contributed by atoms with Gasteiger partial charge in [0.1, 0.15) is 0 Å². The Kier molecular flexibility index (Phi) is 3.40. The van der Waals surface area contributed by atoms with E-state index in [1.54, 1.807) is 13.8 Å². The van der Waals surface area contributed by atoms with Crippen molar-refractivity contribution in [1.29, 1.82) is 0 Å². The lowest BCUT2D eigenvalue weighted by atomic mass is 10.1. The van der Waals surface area contributed by atoms with E-state index in [-0.39, 0.29) is 5.92 Å². The fourth-order valence-electron chi connectivity index (χ4n) is 0.332. The van der Waals surface area contributed by atoms with Gasteiger partial charge in [-0.1, -0.05) is 19.8 Å². The van der Waals surface area contributed by atoms with Crippen LogP contribution in [0.3, 0.4) is 0 Å². The Labute approximate surface area is 63.8 Å². The molecule has 0 bridgehead atoms. The van der Waals surface area contributed by atoms with Crippen molar-refractivity contribution in [2.24, 2.45) is 11.7 Å². The van der Waals surface area contributed by atoms with Crippen molar-refractivity contribution in [1.82, 2.24) is 0 Å². The zero-order chi connectivity index (χ0) is 9.07. The Bertz CT molecular complexity index is 172. The molecule has 0 radical (unpaired) electrons. The molecule has 0 aliphatic rings. The molecule has 64 valence electrons. The van der Waals surface area contributed by atoms with Crippen LogP contribution in [0.1, 0.15) is 13.8 Å². The van der Waals surface area contributed by atoms with Gasteiger partial charge in [0, 0.05) is 5.92 Å². The second kappa shape index (κ2) is 3.63. The van der Waals surface area contributed by atoms with Crippen molar-refractivity contribution in [3.05, 3.63) is 0 Å². The van der Waals surface area contributed by atoms with Gasteiger partial charge in [0.15, 0.2) is 0 Å². The molecule has 0 unspecified atom stereocenters. The van der Waals surface area contributed by atoms with E-state index in [2.05, 4.69) is 0 Å². The van der Waals surface area contributed by atoms with Crippen LogP contribution in [0, 0.1) is 17.8 Å². The smallest absolute Gasteiger partial charge is 0.317 e. The summed E-state index contributed by atoms with van der Waals surface area (Å²) in [5.74, 6) is 3.00. The minimum absolute atomic E-state index is 0.0511. The summed E-state index contributed by atoms with van der Waals surface area (Å²) in [6.45, 7) is 3.44. The SMILES string of the molecule is CC(C)[C@H](N)C#CC(F)(F)F. The van der Waals surface area contributed by atoms with Gasteiger partial charge < -0.3 is 5.73 Å². The molecule has 11 heavy (non-hydrogen) atoms. The lowest BCUT2D eigenvalue weighted by molar-refractivity contribution is -0.0698. The second-order valence-corrected chi connectivity index (χ2v) is 2.54. The van der Waals surface area contributed by atoms with Gasteiger partial charge in [-0.25, -0.2) is 0 Å². The summed E-state index contributed by atoms with van der Waals surface area (Å²) >= 11 is 0. The van der Waals surface area contributed by atoms with Crippen LogP contribution in [0.25, 0.3) is 0 Å². The van der Waals surface area contributed by atoms with E-state index < -0.39 is 12.2 Å². The third-order valence-corrected chi connectivity index (χ3v) is 1.10. The first-order valence-corrected chi connectivity index (χ1v) is 3.18. The molecule has 0 rings (SSSR count). The third-order valence-electron chi connectivity index (χ3n) is 1.10. The Balaban J connectivity index is 4.08. The summed E-state index contributed by atoms with van der Waals surface area (Å²) < 4.78 is 34.4. The highest BCUT2D eigenvalue weighted by Crippen LogP contribution is 2.12. The fraction of sp³-hybridized carbons (Fsp3) is 0.714. The molecular weight excluding hydrogens is 155 g/mol. The van der Waals surface area contributed by atoms with Gasteiger partial charge in [0.25, 0.3) is 0 Å². The van der Waals surface area contributed by atoms with Crippen molar-refractivity contribution < 1.29 is 13.2 Å². The van der Waals surface area contributed by atoms with Crippen LogP contribution in [0.4, 0.5) is 13.2 Å². The van der Waals surface area contributed by atoms with E-state index in [0.717, 1.165) is 5.92 Å². The molecule has 0 aromatic heterocycles. The number of hydrogen-bond donors (Lipinski definition) is 1. The van der Waals surface area contributed by atoms with Crippen LogP contribution >= 0.6 is 0 Å². The second-order valence-electron chi connectivity index (χ2n) is 2.54. The molecule has 0 heterocycles. The highest BCUT2D eigenvalue weighted by atomic mass is 19.4. The zero-order valence-corrected chi connectivity index (χ0v) is 6.37. The molecule has 0 aliphatic heterocycles. The maximum absolute atomic E-state index is 11.5. The Hall–Kier alpha value is -0.690. The van der Waals surface area contributed by atoms with Crippen molar-refractivity contribution in [3.63, 3.8) is 0 Å². The lowest BCUT2D eigenvalue weighted by Gasteiger charge is -2.06. The summed E-state index contributed by atoms with van der Waals surface area (Å²) in [6.07, 6.45) is -4.42. The van der Waals surface area contributed by atoms with Crippen LogP contribution in [0.2, 0.25) is 0 Å². The van der Waals surface area contributed by atoms with Crippen LogP contribution in [-0.2, 0) is 0 Å². The number of rotatable bonds is 1. The Morgan fingerprint density at radius 3 is 2.00 bits per heavy atom. The molecule has 0 amide bonds. The number of hydrogen-bond acceptors (Lipinski definition) is 1. The minimum atomic E-state index is -4.42. The molecule has 0 spiro atoms. The molecule has 0 aromatic carbocycles. The van der Waals surface area contributed by atoms with Crippen molar-refractivity contribution in [2.45, 2.75) is 26.1 Å². The summed E-state index contributed by atoms with van der Waals surface area (Å²) in [5.41, 5.74) is 5.25. The molecule has 1 nitrogen and oxygen atoms in total. The molecule has 0 saturated carbocycles. The lowest BCUT2D eigenvalue weighted by Crippen LogP contribution is -2.24. The normalized spacial score (nSPS) is 14.1. The van der Waals surface area contributed by atoms with Gasteiger partial charge >= 0.3 is 6.18 Å². The minimum Gasteiger partial charge on any atom is -0.317 e. The van der Waals surface area contributed by atoms with E-state index in [1.807, 2.05) is 5.92 Å². The molecule has 0 aliphatic carbocycles.